The van der Waals surface area contributed by atoms with Gasteiger partial charge in [0.15, 0.2) is 15.0 Å². The molecule has 0 aliphatic heterocycles. The normalized spacial score (nSPS) is 11.9. The van der Waals surface area contributed by atoms with Crippen molar-refractivity contribution in [1.29, 1.82) is 0 Å². The van der Waals surface area contributed by atoms with Crippen molar-refractivity contribution >= 4 is 54.2 Å². The second kappa shape index (κ2) is 10.1. The second-order valence-corrected chi connectivity index (χ2v) is 11.0. The number of carbonyl (C=O) groups is 1. The van der Waals surface area contributed by atoms with Gasteiger partial charge in [-0.05, 0) is 55.7 Å². The molecule has 0 saturated heterocycles. The van der Waals surface area contributed by atoms with E-state index in [1.807, 2.05) is 24.5 Å². The van der Waals surface area contributed by atoms with E-state index in [-0.39, 0.29) is 10.8 Å². The van der Waals surface area contributed by atoms with Crippen LogP contribution < -0.4 is 4.90 Å². The monoisotopic (exact) mass is 477 g/mol. The number of thioether (sulfide) groups is 1. The van der Waals surface area contributed by atoms with Crippen molar-refractivity contribution < 1.29 is 13.2 Å². The lowest BCUT2D eigenvalue weighted by molar-refractivity contribution is 0.0983. The summed E-state index contributed by atoms with van der Waals surface area (Å²) in [6.45, 7) is 7.23. The molecule has 0 saturated carbocycles. The van der Waals surface area contributed by atoms with E-state index < -0.39 is 9.84 Å². The van der Waals surface area contributed by atoms with Crippen molar-refractivity contribution in [2.24, 2.45) is 0 Å². The molecular formula is C22H27N3O3S3. The molecule has 0 N–H and O–H groups in total. The van der Waals surface area contributed by atoms with Crippen LogP contribution in [0.5, 0.6) is 0 Å². The van der Waals surface area contributed by atoms with E-state index in [1.165, 1.54) is 23.5 Å². The van der Waals surface area contributed by atoms with Gasteiger partial charge in [0.2, 0.25) is 0 Å². The molecule has 31 heavy (non-hydrogen) atoms. The van der Waals surface area contributed by atoms with E-state index in [0.29, 0.717) is 17.2 Å². The van der Waals surface area contributed by atoms with Gasteiger partial charge in [-0.2, -0.15) is 0 Å². The molecule has 0 atom stereocenters. The van der Waals surface area contributed by atoms with Crippen LogP contribution in [0.2, 0.25) is 0 Å². The average Bonchev–Trinajstić information content (AvgIpc) is 3.20. The number of anilines is 1. The number of para-hydroxylation sites is 1. The highest BCUT2D eigenvalue weighted by molar-refractivity contribution is 7.98. The molecule has 0 unspecified atom stereocenters. The van der Waals surface area contributed by atoms with E-state index in [0.717, 1.165) is 41.0 Å². The fraction of sp³-hybridized carbons (Fsp3) is 0.364. The molecule has 2 aromatic carbocycles. The lowest BCUT2D eigenvalue weighted by Gasteiger charge is -2.24. The Morgan fingerprint density at radius 3 is 2.32 bits per heavy atom. The molecule has 0 radical (unpaired) electrons. The Labute approximate surface area is 192 Å². The number of benzene rings is 2. The standard InChI is InChI=1S/C22H27N3O3S3/c1-5-24(6-2)14-15-25(21(26)16-10-12-17(13-11-16)31(4,27)28)22-23-20-18(29-3)8-7-9-19(20)30-22/h7-13H,5-6,14-15H2,1-4H3. The molecular weight excluding hydrogens is 450 g/mol. The summed E-state index contributed by atoms with van der Waals surface area (Å²) in [4.78, 5) is 23.5. The number of likely N-dealkylation sites (N-methyl/N-ethyl adjacent to an activating group) is 1. The maximum absolute atomic E-state index is 13.4. The second-order valence-electron chi connectivity index (χ2n) is 7.08. The van der Waals surface area contributed by atoms with E-state index in [9.17, 15) is 13.2 Å². The number of aromatic nitrogens is 1. The van der Waals surface area contributed by atoms with Crippen LogP contribution in [0.4, 0.5) is 5.13 Å². The SMILES string of the molecule is CCN(CC)CCN(C(=O)c1ccc(S(C)(=O)=O)cc1)c1nc2c(SC)cccc2s1. The summed E-state index contributed by atoms with van der Waals surface area (Å²) >= 11 is 3.13. The van der Waals surface area contributed by atoms with E-state index in [2.05, 4.69) is 18.7 Å². The maximum atomic E-state index is 13.4. The average molecular weight is 478 g/mol. The number of carbonyl (C=O) groups excluding carboxylic acids is 1. The molecule has 166 valence electrons. The van der Waals surface area contributed by atoms with Crippen LogP contribution in [0.3, 0.4) is 0 Å². The number of nitrogens with zero attached hydrogens (tertiary/aromatic N) is 3. The number of hydrogen-bond acceptors (Lipinski definition) is 7. The predicted molar refractivity (Wildman–Crippen MR) is 130 cm³/mol. The number of fused-ring (bicyclic) bond motifs is 1. The molecule has 0 spiro atoms. The molecule has 9 heteroatoms. The van der Waals surface area contributed by atoms with Crippen LogP contribution in [0.25, 0.3) is 10.2 Å². The van der Waals surface area contributed by atoms with Crippen molar-refractivity contribution in [3.05, 3.63) is 48.0 Å². The minimum absolute atomic E-state index is 0.183. The molecule has 1 aromatic heterocycles. The number of sulfone groups is 1. The summed E-state index contributed by atoms with van der Waals surface area (Å²) < 4.78 is 24.6. The molecule has 1 heterocycles. The van der Waals surface area contributed by atoms with Gasteiger partial charge < -0.3 is 4.90 Å². The number of thiazole rings is 1. The van der Waals surface area contributed by atoms with Crippen molar-refractivity contribution in [2.45, 2.75) is 23.6 Å². The smallest absolute Gasteiger partial charge is 0.260 e. The Hall–Kier alpha value is -1.94. The van der Waals surface area contributed by atoms with Gasteiger partial charge in [-0.1, -0.05) is 31.3 Å². The third-order valence-corrected chi connectivity index (χ3v) is 8.07. The summed E-state index contributed by atoms with van der Waals surface area (Å²) in [6.07, 6.45) is 3.17. The quantitative estimate of drug-likeness (QED) is 0.425. The van der Waals surface area contributed by atoms with Gasteiger partial charge in [0.1, 0.15) is 0 Å². The summed E-state index contributed by atoms with van der Waals surface area (Å²) in [5.41, 5.74) is 1.35. The molecule has 0 aliphatic carbocycles. The third-order valence-electron chi connectivity index (χ3n) is 5.13. The highest BCUT2D eigenvalue weighted by Gasteiger charge is 2.23. The Morgan fingerprint density at radius 2 is 1.74 bits per heavy atom. The van der Waals surface area contributed by atoms with Crippen LogP contribution in [0, 0.1) is 0 Å². The molecule has 6 nitrogen and oxygen atoms in total. The lowest BCUT2D eigenvalue weighted by atomic mass is 10.2. The van der Waals surface area contributed by atoms with E-state index >= 15 is 0 Å². The largest absolute Gasteiger partial charge is 0.302 e. The summed E-state index contributed by atoms with van der Waals surface area (Å²) in [6, 6.07) is 12.2. The summed E-state index contributed by atoms with van der Waals surface area (Å²) in [5.74, 6) is -0.183. The van der Waals surface area contributed by atoms with Gasteiger partial charge in [0, 0.05) is 29.8 Å². The Balaban J connectivity index is 1.99. The minimum atomic E-state index is -3.32. The van der Waals surface area contributed by atoms with Crippen LogP contribution in [0.1, 0.15) is 24.2 Å². The van der Waals surface area contributed by atoms with Crippen molar-refractivity contribution in [2.75, 3.05) is 43.6 Å². The van der Waals surface area contributed by atoms with Crippen molar-refractivity contribution in [3.63, 3.8) is 0 Å². The van der Waals surface area contributed by atoms with Gasteiger partial charge in [-0.15, -0.1) is 11.8 Å². The topological polar surface area (TPSA) is 70.6 Å². The zero-order valence-electron chi connectivity index (χ0n) is 18.2. The predicted octanol–water partition coefficient (Wildman–Crippen LogP) is 4.41. The zero-order valence-corrected chi connectivity index (χ0v) is 20.6. The Morgan fingerprint density at radius 1 is 1.06 bits per heavy atom. The minimum Gasteiger partial charge on any atom is -0.302 e. The first-order valence-corrected chi connectivity index (χ1v) is 14.0. The number of rotatable bonds is 9. The molecule has 0 fully saturated rings. The van der Waals surface area contributed by atoms with Crippen LogP contribution in [0.15, 0.2) is 52.3 Å². The molecule has 3 rings (SSSR count). The first kappa shape index (κ1) is 23.7. The first-order valence-electron chi connectivity index (χ1n) is 10.1. The van der Waals surface area contributed by atoms with Crippen LogP contribution in [-0.4, -0.2) is 62.9 Å². The number of hydrogen-bond donors (Lipinski definition) is 0. The van der Waals surface area contributed by atoms with Gasteiger partial charge in [-0.3, -0.25) is 9.69 Å². The fourth-order valence-electron chi connectivity index (χ4n) is 3.26. The fourth-order valence-corrected chi connectivity index (χ4v) is 5.53. The third kappa shape index (κ3) is 5.46. The summed E-state index contributed by atoms with van der Waals surface area (Å²) in [5, 5.41) is 0.654. The highest BCUT2D eigenvalue weighted by Crippen LogP contribution is 2.34. The Kier molecular flexibility index (Phi) is 7.74. The van der Waals surface area contributed by atoms with Gasteiger partial charge in [0.05, 0.1) is 15.1 Å². The van der Waals surface area contributed by atoms with Crippen molar-refractivity contribution in [1.82, 2.24) is 9.88 Å². The molecule has 0 bridgehead atoms. The van der Waals surface area contributed by atoms with Crippen molar-refractivity contribution in [3.8, 4) is 0 Å². The molecule has 3 aromatic rings. The Bertz CT molecular complexity index is 1150. The lowest BCUT2D eigenvalue weighted by Crippen LogP contribution is -2.38. The van der Waals surface area contributed by atoms with Crippen LogP contribution >= 0.6 is 23.1 Å². The molecule has 1 amide bonds. The van der Waals surface area contributed by atoms with Crippen LogP contribution in [-0.2, 0) is 9.84 Å². The van der Waals surface area contributed by atoms with E-state index in [1.54, 1.807) is 28.8 Å². The van der Waals surface area contributed by atoms with Gasteiger partial charge in [0.25, 0.3) is 5.91 Å². The zero-order chi connectivity index (χ0) is 22.6. The first-order chi connectivity index (χ1) is 14.8. The molecule has 0 aliphatic rings. The summed E-state index contributed by atoms with van der Waals surface area (Å²) in [7, 11) is -3.32. The maximum Gasteiger partial charge on any atom is 0.260 e. The van der Waals surface area contributed by atoms with E-state index in [4.69, 9.17) is 4.98 Å². The van der Waals surface area contributed by atoms with Gasteiger partial charge in [-0.25, -0.2) is 13.4 Å². The number of amides is 1. The highest BCUT2D eigenvalue weighted by atomic mass is 32.2. The van der Waals surface area contributed by atoms with Gasteiger partial charge >= 0.3 is 0 Å².